The number of rotatable bonds is 8. The summed E-state index contributed by atoms with van der Waals surface area (Å²) >= 11 is 0. The third-order valence-corrected chi connectivity index (χ3v) is 13.1. The lowest BCUT2D eigenvalue weighted by Crippen LogP contribution is -2.10. The van der Waals surface area contributed by atoms with Gasteiger partial charge in [0.15, 0.2) is 0 Å². The molecule has 0 N–H and O–H groups in total. The van der Waals surface area contributed by atoms with E-state index in [1.165, 1.54) is 98.7 Å². The molecule has 0 bridgehead atoms. The van der Waals surface area contributed by atoms with Crippen molar-refractivity contribution in [3.8, 4) is 55.6 Å². The lowest BCUT2D eigenvalue weighted by Gasteiger charge is -2.27. The summed E-state index contributed by atoms with van der Waals surface area (Å²) in [5.74, 6) is 0. The van der Waals surface area contributed by atoms with Crippen LogP contribution in [0.25, 0.3) is 98.7 Å². The second-order valence-electron chi connectivity index (χ2n) is 16.8. The zero-order chi connectivity index (χ0) is 43.1. The molecule has 12 aromatic carbocycles. The Balaban J connectivity index is 1.03. The summed E-state index contributed by atoms with van der Waals surface area (Å²) in [4.78, 5) is 2.38. The maximum atomic E-state index is 2.38. The van der Waals surface area contributed by atoms with Crippen LogP contribution in [0.2, 0.25) is 0 Å². The van der Waals surface area contributed by atoms with Gasteiger partial charge in [-0.05, 0) is 135 Å². The van der Waals surface area contributed by atoms with E-state index >= 15 is 0 Å². The summed E-state index contributed by atoms with van der Waals surface area (Å²) in [6.07, 6.45) is 0. The molecule has 0 aliphatic rings. The number of anilines is 3. The Kier molecular flexibility index (Phi) is 9.58. The number of fused-ring (bicyclic) bond motifs is 6. The minimum Gasteiger partial charge on any atom is -0.311 e. The molecule has 0 saturated carbocycles. The Hall–Kier alpha value is -8.52. The van der Waals surface area contributed by atoms with Gasteiger partial charge in [0.25, 0.3) is 0 Å². The van der Waals surface area contributed by atoms with E-state index < -0.39 is 0 Å². The van der Waals surface area contributed by atoms with E-state index in [1.54, 1.807) is 0 Å². The SMILES string of the molecule is c1ccc(-c2ccc(N(c3ccc(-c4c(-c5ccccc5)c5ccccc5c5ccccc45)cc3)c3ccc(-c4c(-c5ccccc5)c5ccccc5c5ccccc45)cc3)cc2)cc1. The lowest BCUT2D eigenvalue weighted by atomic mass is 9.85. The molecule has 0 fully saturated rings. The highest BCUT2D eigenvalue weighted by atomic mass is 15.1. The highest BCUT2D eigenvalue weighted by molar-refractivity contribution is 6.23. The largest absolute Gasteiger partial charge is 0.311 e. The fraction of sp³-hybridized carbons (Fsp3) is 0. The number of hydrogen-bond acceptors (Lipinski definition) is 1. The highest BCUT2D eigenvalue weighted by Gasteiger charge is 2.21. The van der Waals surface area contributed by atoms with Gasteiger partial charge in [-0.1, -0.05) is 224 Å². The molecule has 65 heavy (non-hydrogen) atoms. The van der Waals surface area contributed by atoms with Crippen molar-refractivity contribution in [3.05, 3.63) is 261 Å². The molecule has 0 aromatic heterocycles. The van der Waals surface area contributed by atoms with E-state index in [2.05, 4.69) is 266 Å². The predicted octanol–water partition coefficient (Wildman–Crippen LogP) is 18.1. The first-order valence-electron chi connectivity index (χ1n) is 22.4. The van der Waals surface area contributed by atoms with E-state index in [0.29, 0.717) is 0 Å². The molecule has 1 heteroatoms. The predicted molar refractivity (Wildman–Crippen MR) is 278 cm³/mol. The minimum absolute atomic E-state index is 1.08. The maximum Gasteiger partial charge on any atom is 0.0462 e. The summed E-state index contributed by atoms with van der Waals surface area (Å²) in [7, 11) is 0. The molecule has 0 saturated heterocycles. The van der Waals surface area contributed by atoms with Crippen molar-refractivity contribution in [2.75, 3.05) is 4.90 Å². The van der Waals surface area contributed by atoms with Crippen LogP contribution in [0.1, 0.15) is 0 Å². The van der Waals surface area contributed by atoms with Gasteiger partial charge in [-0.25, -0.2) is 0 Å². The molecule has 1 nitrogen and oxygen atoms in total. The van der Waals surface area contributed by atoms with Crippen LogP contribution in [-0.2, 0) is 0 Å². The molecule has 0 spiro atoms. The van der Waals surface area contributed by atoms with E-state index in [1.807, 2.05) is 0 Å². The fourth-order valence-corrected chi connectivity index (χ4v) is 10.1. The molecule has 12 rings (SSSR count). The molecule has 0 aliphatic heterocycles. The molecular formula is C64H43N. The van der Waals surface area contributed by atoms with E-state index in [4.69, 9.17) is 0 Å². The molecule has 0 amide bonds. The standard InChI is InChI=1S/C64H43N/c1-4-18-44(19-5-1)45-32-38-50(39-33-45)65(51-40-34-48(35-41-51)63-59-30-16-12-26-55(59)53-24-10-14-28-57(53)61(63)46-20-6-2-7-21-46)52-42-36-49(37-43-52)64-60-31-17-13-27-56(60)54-25-11-15-29-58(54)62(64)47-22-8-3-9-23-47/h1-43H. The van der Waals surface area contributed by atoms with Crippen molar-refractivity contribution < 1.29 is 0 Å². The Morgan fingerprint density at radius 1 is 0.154 bits per heavy atom. The van der Waals surface area contributed by atoms with Crippen LogP contribution in [0.15, 0.2) is 261 Å². The minimum atomic E-state index is 1.08. The zero-order valence-electron chi connectivity index (χ0n) is 35.8. The number of benzene rings is 12. The summed E-state index contributed by atoms with van der Waals surface area (Å²) in [5.41, 5.74) is 15.4. The smallest absolute Gasteiger partial charge is 0.0462 e. The lowest BCUT2D eigenvalue weighted by molar-refractivity contribution is 1.28. The van der Waals surface area contributed by atoms with Gasteiger partial charge in [-0.3, -0.25) is 0 Å². The third kappa shape index (κ3) is 6.74. The van der Waals surface area contributed by atoms with Crippen LogP contribution in [0.5, 0.6) is 0 Å². The van der Waals surface area contributed by atoms with E-state index in [0.717, 1.165) is 17.1 Å². The number of nitrogens with zero attached hydrogens (tertiary/aromatic N) is 1. The summed E-state index contributed by atoms with van der Waals surface area (Å²) in [6.45, 7) is 0. The van der Waals surface area contributed by atoms with Crippen molar-refractivity contribution >= 4 is 60.2 Å². The monoisotopic (exact) mass is 825 g/mol. The van der Waals surface area contributed by atoms with Crippen LogP contribution >= 0.6 is 0 Å². The van der Waals surface area contributed by atoms with Gasteiger partial charge in [0.2, 0.25) is 0 Å². The average molecular weight is 826 g/mol. The molecule has 304 valence electrons. The Labute approximate surface area is 379 Å². The van der Waals surface area contributed by atoms with Crippen LogP contribution in [0.3, 0.4) is 0 Å². The van der Waals surface area contributed by atoms with Crippen LogP contribution in [0.4, 0.5) is 17.1 Å². The van der Waals surface area contributed by atoms with Crippen LogP contribution in [-0.4, -0.2) is 0 Å². The van der Waals surface area contributed by atoms with Gasteiger partial charge in [-0.15, -0.1) is 0 Å². The van der Waals surface area contributed by atoms with E-state index in [-0.39, 0.29) is 0 Å². The maximum absolute atomic E-state index is 2.38. The summed E-state index contributed by atoms with van der Waals surface area (Å²) < 4.78 is 0. The molecule has 12 aromatic rings. The molecule has 0 unspecified atom stereocenters. The second-order valence-corrected chi connectivity index (χ2v) is 16.8. The average Bonchev–Trinajstić information content (AvgIpc) is 3.39. The van der Waals surface area contributed by atoms with Crippen LogP contribution in [0, 0.1) is 0 Å². The Bertz CT molecular complexity index is 3450. The van der Waals surface area contributed by atoms with Crippen molar-refractivity contribution in [3.63, 3.8) is 0 Å². The molecule has 0 atom stereocenters. The zero-order valence-corrected chi connectivity index (χ0v) is 35.8. The normalized spacial score (nSPS) is 11.4. The van der Waals surface area contributed by atoms with Crippen LogP contribution < -0.4 is 4.90 Å². The highest BCUT2D eigenvalue weighted by Crippen LogP contribution is 2.48. The van der Waals surface area contributed by atoms with Gasteiger partial charge >= 0.3 is 0 Å². The first-order chi connectivity index (χ1) is 32.3. The Morgan fingerprint density at radius 3 is 0.646 bits per heavy atom. The molecule has 0 heterocycles. The van der Waals surface area contributed by atoms with Crippen molar-refractivity contribution in [2.24, 2.45) is 0 Å². The van der Waals surface area contributed by atoms with Gasteiger partial charge in [0.1, 0.15) is 0 Å². The van der Waals surface area contributed by atoms with Gasteiger partial charge in [-0.2, -0.15) is 0 Å². The van der Waals surface area contributed by atoms with Crippen molar-refractivity contribution in [1.82, 2.24) is 0 Å². The second kappa shape index (κ2) is 16.3. The fourth-order valence-electron chi connectivity index (χ4n) is 10.1. The quantitative estimate of drug-likeness (QED) is 0.138. The summed E-state index contributed by atoms with van der Waals surface area (Å²) in [6, 6.07) is 95.1. The Morgan fingerprint density at radius 2 is 0.354 bits per heavy atom. The van der Waals surface area contributed by atoms with Gasteiger partial charge in [0.05, 0.1) is 0 Å². The van der Waals surface area contributed by atoms with Crippen molar-refractivity contribution in [1.29, 1.82) is 0 Å². The molecule has 0 aliphatic carbocycles. The van der Waals surface area contributed by atoms with E-state index in [9.17, 15) is 0 Å². The molecule has 0 radical (unpaired) electrons. The van der Waals surface area contributed by atoms with Gasteiger partial charge in [0, 0.05) is 17.1 Å². The first-order valence-corrected chi connectivity index (χ1v) is 22.4. The summed E-state index contributed by atoms with van der Waals surface area (Å²) in [5, 5.41) is 10.1. The third-order valence-electron chi connectivity index (χ3n) is 13.1. The van der Waals surface area contributed by atoms with Gasteiger partial charge < -0.3 is 4.90 Å². The molecular weight excluding hydrogens is 783 g/mol. The topological polar surface area (TPSA) is 3.24 Å². The number of hydrogen-bond donors (Lipinski definition) is 0. The first kappa shape index (κ1) is 38.2. The van der Waals surface area contributed by atoms with Crippen molar-refractivity contribution in [2.45, 2.75) is 0 Å².